The highest BCUT2D eigenvalue weighted by atomic mass is 16.6. The van der Waals surface area contributed by atoms with E-state index in [0.29, 0.717) is 19.1 Å². The third-order valence-electron chi connectivity index (χ3n) is 2.82. The Balaban J connectivity index is 2.01. The first-order valence-corrected chi connectivity index (χ1v) is 5.04. The zero-order valence-corrected chi connectivity index (χ0v) is 7.95. The molecule has 2 aliphatic rings. The molecule has 0 saturated carbocycles. The molecule has 0 radical (unpaired) electrons. The number of para-hydroxylation sites is 1. The molecule has 1 fully saturated rings. The topological polar surface area (TPSA) is 30.5 Å². The average Bonchev–Trinajstić information content (AvgIpc) is 2.16. The number of hydrogen-bond donors (Lipinski definition) is 1. The molecule has 74 valence electrons. The second-order valence-corrected chi connectivity index (χ2v) is 3.73. The number of benzene rings is 1. The third kappa shape index (κ3) is 1.16. The van der Waals surface area contributed by atoms with Gasteiger partial charge in [0.15, 0.2) is 11.5 Å². The fourth-order valence-corrected chi connectivity index (χ4v) is 1.93. The van der Waals surface area contributed by atoms with Crippen LogP contribution in [0.25, 0.3) is 0 Å². The van der Waals surface area contributed by atoms with Crippen molar-refractivity contribution in [2.45, 2.75) is 5.92 Å². The van der Waals surface area contributed by atoms with Crippen molar-refractivity contribution in [1.82, 2.24) is 5.32 Å². The summed E-state index contributed by atoms with van der Waals surface area (Å²) in [4.78, 5) is 0. The van der Waals surface area contributed by atoms with Crippen molar-refractivity contribution in [2.24, 2.45) is 0 Å². The number of nitrogens with one attached hydrogen (secondary N) is 1. The number of fused-ring (bicyclic) bond motifs is 1. The van der Waals surface area contributed by atoms with E-state index in [1.807, 2.05) is 12.1 Å². The minimum Gasteiger partial charge on any atom is -0.486 e. The van der Waals surface area contributed by atoms with Crippen LogP contribution in [0.4, 0.5) is 0 Å². The first-order chi connectivity index (χ1) is 6.95. The van der Waals surface area contributed by atoms with Gasteiger partial charge in [0.1, 0.15) is 13.2 Å². The molecule has 0 spiro atoms. The van der Waals surface area contributed by atoms with E-state index in [1.165, 1.54) is 5.56 Å². The van der Waals surface area contributed by atoms with E-state index in [9.17, 15) is 0 Å². The smallest absolute Gasteiger partial charge is 0.164 e. The summed E-state index contributed by atoms with van der Waals surface area (Å²) in [5, 5.41) is 3.27. The summed E-state index contributed by atoms with van der Waals surface area (Å²) < 4.78 is 11.2. The zero-order valence-electron chi connectivity index (χ0n) is 7.95. The summed E-state index contributed by atoms with van der Waals surface area (Å²) >= 11 is 0. The van der Waals surface area contributed by atoms with Crippen LogP contribution in [0, 0.1) is 0 Å². The van der Waals surface area contributed by atoms with Gasteiger partial charge >= 0.3 is 0 Å². The van der Waals surface area contributed by atoms with Gasteiger partial charge in [0.2, 0.25) is 0 Å². The van der Waals surface area contributed by atoms with Crippen molar-refractivity contribution in [2.75, 3.05) is 26.3 Å². The standard InChI is InChI=1S/C11H13NO2/c1-2-9(8-6-12-7-8)11-10(3-1)13-4-5-14-11/h1-3,8,12H,4-7H2. The minimum atomic E-state index is 0.603. The van der Waals surface area contributed by atoms with Crippen LogP contribution in [0.5, 0.6) is 11.5 Å². The van der Waals surface area contributed by atoms with Crippen LogP contribution in [0.2, 0.25) is 0 Å². The summed E-state index contributed by atoms with van der Waals surface area (Å²) in [6.45, 7) is 3.45. The lowest BCUT2D eigenvalue weighted by Crippen LogP contribution is -2.40. The van der Waals surface area contributed by atoms with Gasteiger partial charge in [0.05, 0.1) is 0 Å². The molecule has 0 atom stereocenters. The highest BCUT2D eigenvalue weighted by Crippen LogP contribution is 2.38. The van der Waals surface area contributed by atoms with Gasteiger partial charge < -0.3 is 14.8 Å². The average molecular weight is 191 g/mol. The van der Waals surface area contributed by atoms with E-state index in [4.69, 9.17) is 9.47 Å². The molecule has 3 nitrogen and oxygen atoms in total. The minimum absolute atomic E-state index is 0.603. The maximum absolute atomic E-state index is 5.66. The fourth-order valence-electron chi connectivity index (χ4n) is 1.93. The monoisotopic (exact) mass is 191 g/mol. The van der Waals surface area contributed by atoms with Crippen molar-refractivity contribution < 1.29 is 9.47 Å². The van der Waals surface area contributed by atoms with E-state index in [2.05, 4.69) is 11.4 Å². The van der Waals surface area contributed by atoms with Crippen molar-refractivity contribution in [3.8, 4) is 11.5 Å². The van der Waals surface area contributed by atoms with E-state index in [0.717, 1.165) is 24.6 Å². The van der Waals surface area contributed by atoms with Crippen LogP contribution in [0.15, 0.2) is 18.2 Å². The molecule has 0 aliphatic carbocycles. The first-order valence-electron chi connectivity index (χ1n) is 5.04. The highest BCUT2D eigenvalue weighted by Gasteiger charge is 2.25. The Morgan fingerprint density at radius 3 is 2.79 bits per heavy atom. The predicted molar refractivity (Wildman–Crippen MR) is 53.0 cm³/mol. The summed E-state index contributed by atoms with van der Waals surface area (Å²) in [5.41, 5.74) is 1.29. The van der Waals surface area contributed by atoms with Gasteiger partial charge in [-0.2, -0.15) is 0 Å². The molecule has 1 aromatic rings. The second-order valence-electron chi connectivity index (χ2n) is 3.73. The van der Waals surface area contributed by atoms with Crippen LogP contribution in [0.3, 0.4) is 0 Å². The lowest BCUT2D eigenvalue weighted by atomic mass is 9.92. The van der Waals surface area contributed by atoms with Crippen molar-refractivity contribution in [3.05, 3.63) is 23.8 Å². The molecule has 14 heavy (non-hydrogen) atoms. The molecule has 2 heterocycles. The molecular formula is C11H13NO2. The number of rotatable bonds is 1. The second kappa shape index (κ2) is 3.17. The summed E-state index contributed by atoms with van der Waals surface area (Å²) in [6.07, 6.45) is 0. The lowest BCUT2D eigenvalue weighted by Gasteiger charge is -2.31. The molecule has 1 aromatic carbocycles. The lowest BCUT2D eigenvalue weighted by molar-refractivity contribution is 0.168. The molecule has 0 amide bonds. The number of hydrogen-bond acceptors (Lipinski definition) is 3. The summed E-state index contributed by atoms with van der Waals surface area (Å²) in [6, 6.07) is 6.16. The van der Waals surface area contributed by atoms with Crippen molar-refractivity contribution >= 4 is 0 Å². The Hall–Kier alpha value is -1.22. The van der Waals surface area contributed by atoms with Gasteiger partial charge in [0.25, 0.3) is 0 Å². The van der Waals surface area contributed by atoms with Crippen molar-refractivity contribution in [1.29, 1.82) is 0 Å². The largest absolute Gasteiger partial charge is 0.486 e. The normalized spacial score (nSPS) is 20.3. The van der Waals surface area contributed by atoms with E-state index in [-0.39, 0.29) is 0 Å². The Morgan fingerprint density at radius 1 is 1.14 bits per heavy atom. The summed E-state index contributed by atoms with van der Waals surface area (Å²) in [5.74, 6) is 2.47. The van der Waals surface area contributed by atoms with Crippen molar-refractivity contribution in [3.63, 3.8) is 0 Å². The van der Waals surface area contributed by atoms with Gasteiger partial charge in [-0.15, -0.1) is 0 Å². The predicted octanol–water partition coefficient (Wildman–Crippen LogP) is 1.14. The van der Waals surface area contributed by atoms with Crippen LogP contribution < -0.4 is 14.8 Å². The molecule has 1 N–H and O–H groups in total. The van der Waals surface area contributed by atoms with E-state index in [1.54, 1.807) is 0 Å². The maximum Gasteiger partial charge on any atom is 0.164 e. The highest BCUT2D eigenvalue weighted by molar-refractivity contribution is 5.49. The molecule has 0 aromatic heterocycles. The van der Waals surface area contributed by atoms with Crippen LogP contribution in [0.1, 0.15) is 11.5 Å². The maximum atomic E-state index is 5.66. The van der Waals surface area contributed by atoms with Gasteiger partial charge in [-0.1, -0.05) is 12.1 Å². The molecular weight excluding hydrogens is 178 g/mol. The fraction of sp³-hybridized carbons (Fsp3) is 0.455. The number of ether oxygens (including phenoxy) is 2. The Bertz CT molecular complexity index is 347. The molecule has 0 bridgehead atoms. The summed E-state index contributed by atoms with van der Waals surface area (Å²) in [7, 11) is 0. The molecule has 3 heteroatoms. The first kappa shape index (κ1) is 8.12. The SMILES string of the molecule is c1cc2c(c(C3CNC3)c1)OCCO2. The van der Waals surface area contributed by atoms with Gasteiger partial charge in [-0.3, -0.25) is 0 Å². The van der Waals surface area contributed by atoms with Gasteiger partial charge in [-0.05, 0) is 6.07 Å². The van der Waals surface area contributed by atoms with Gasteiger partial charge in [0, 0.05) is 24.6 Å². The quantitative estimate of drug-likeness (QED) is 0.722. The van der Waals surface area contributed by atoms with Crippen LogP contribution in [-0.2, 0) is 0 Å². The van der Waals surface area contributed by atoms with Crippen LogP contribution >= 0.6 is 0 Å². The zero-order chi connectivity index (χ0) is 9.38. The molecule has 0 unspecified atom stereocenters. The van der Waals surface area contributed by atoms with E-state index < -0.39 is 0 Å². The Kier molecular flexibility index (Phi) is 1.84. The van der Waals surface area contributed by atoms with Crippen LogP contribution in [-0.4, -0.2) is 26.3 Å². The molecule has 1 saturated heterocycles. The molecule has 2 aliphatic heterocycles. The van der Waals surface area contributed by atoms with Gasteiger partial charge in [-0.25, -0.2) is 0 Å². The Morgan fingerprint density at radius 2 is 2.00 bits per heavy atom. The third-order valence-corrected chi connectivity index (χ3v) is 2.82. The van der Waals surface area contributed by atoms with E-state index >= 15 is 0 Å². The Labute approximate surface area is 83.0 Å². The molecule has 3 rings (SSSR count).